The quantitative estimate of drug-likeness (QED) is 0.734. The highest BCUT2D eigenvalue weighted by Crippen LogP contribution is 2.31. The molecule has 0 radical (unpaired) electrons. The Bertz CT molecular complexity index is 433. The van der Waals surface area contributed by atoms with Crippen molar-refractivity contribution in [3.05, 3.63) is 33.8 Å². The highest BCUT2D eigenvalue weighted by Gasteiger charge is 2.27. The van der Waals surface area contributed by atoms with E-state index in [1.807, 2.05) is 18.2 Å². The topological polar surface area (TPSA) is 12.0 Å². The number of rotatable bonds is 4. The van der Waals surface area contributed by atoms with Crippen molar-refractivity contribution in [3.8, 4) is 0 Å². The molecule has 0 heterocycles. The molecule has 108 valence electrons. The van der Waals surface area contributed by atoms with E-state index >= 15 is 0 Å². The molecular weight excluding hydrogens is 277 g/mol. The summed E-state index contributed by atoms with van der Waals surface area (Å²) in [6, 6.07) is 5.78. The van der Waals surface area contributed by atoms with Gasteiger partial charge in [-0.2, -0.15) is 0 Å². The highest BCUT2D eigenvalue weighted by molar-refractivity contribution is 6.33. The lowest BCUT2D eigenvalue weighted by molar-refractivity contribution is 0.227. The van der Waals surface area contributed by atoms with E-state index in [2.05, 4.69) is 46.9 Å². The van der Waals surface area contributed by atoms with Crippen molar-refractivity contribution in [2.45, 2.75) is 59.5 Å². The molecule has 1 atom stereocenters. The van der Waals surface area contributed by atoms with E-state index in [1.54, 1.807) is 0 Å². The van der Waals surface area contributed by atoms with Crippen LogP contribution in [0.3, 0.4) is 0 Å². The van der Waals surface area contributed by atoms with Crippen LogP contribution >= 0.6 is 23.2 Å². The van der Waals surface area contributed by atoms with Gasteiger partial charge in [-0.25, -0.2) is 0 Å². The second kappa shape index (κ2) is 6.03. The SMILES string of the molecule is CC(NC(C)(C)CC(C)(C)C)c1cc(Cl)ccc1Cl. The molecule has 0 aromatic heterocycles. The first kappa shape index (κ1) is 16.8. The summed E-state index contributed by atoms with van der Waals surface area (Å²) in [5.74, 6) is 0. The van der Waals surface area contributed by atoms with Crippen LogP contribution in [0.4, 0.5) is 0 Å². The molecule has 3 heteroatoms. The molecule has 1 unspecified atom stereocenters. The number of hydrogen-bond acceptors (Lipinski definition) is 1. The smallest absolute Gasteiger partial charge is 0.0454 e. The summed E-state index contributed by atoms with van der Waals surface area (Å²) in [4.78, 5) is 0. The Kier molecular flexibility index (Phi) is 5.34. The molecule has 0 aliphatic carbocycles. The molecule has 0 saturated carbocycles. The van der Waals surface area contributed by atoms with E-state index < -0.39 is 0 Å². The summed E-state index contributed by atoms with van der Waals surface area (Å²) in [5, 5.41) is 5.14. The van der Waals surface area contributed by atoms with Crippen LogP contribution in [0.1, 0.15) is 59.6 Å². The first-order valence-electron chi connectivity index (χ1n) is 6.73. The van der Waals surface area contributed by atoms with Crippen molar-refractivity contribution >= 4 is 23.2 Å². The minimum atomic E-state index is 0.0450. The van der Waals surface area contributed by atoms with E-state index in [9.17, 15) is 0 Å². The molecule has 0 fully saturated rings. The normalized spacial score (nSPS) is 14.5. The lowest BCUT2D eigenvalue weighted by Crippen LogP contribution is -2.43. The fourth-order valence-electron chi connectivity index (χ4n) is 2.89. The number of halogens is 2. The van der Waals surface area contributed by atoms with Gasteiger partial charge < -0.3 is 5.32 Å². The third kappa shape index (κ3) is 5.72. The first-order chi connectivity index (χ1) is 8.50. The van der Waals surface area contributed by atoms with Gasteiger partial charge in [-0.05, 0) is 56.4 Å². The molecule has 1 N–H and O–H groups in total. The fraction of sp³-hybridized carbons (Fsp3) is 0.625. The molecular formula is C16H25Cl2N. The van der Waals surface area contributed by atoms with Gasteiger partial charge in [0.1, 0.15) is 0 Å². The van der Waals surface area contributed by atoms with Crippen molar-refractivity contribution in [1.29, 1.82) is 0 Å². The summed E-state index contributed by atoms with van der Waals surface area (Å²) >= 11 is 12.3. The molecule has 1 aromatic rings. The van der Waals surface area contributed by atoms with Gasteiger partial charge in [-0.3, -0.25) is 0 Å². The van der Waals surface area contributed by atoms with Crippen molar-refractivity contribution in [2.75, 3.05) is 0 Å². The van der Waals surface area contributed by atoms with Crippen molar-refractivity contribution in [1.82, 2.24) is 5.32 Å². The predicted octanol–water partition coefficient (Wildman–Crippen LogP) is 5.86. The lowest BCUT2D eigenvalue weighted by atomic mass is 9.81. The Labute approximate surface area is 127 Å². The maximum absolute atomic E-state index is 6.25. The fourth-order valence-corrected chi connectivity index (χ4v) is 3.35. The minimum Gasteiger partial charge on any atom is -0.305 e. The van der Waals surface area contributed by atoms with Crippen LogP contribution in [0.25, 0.3) is 0 Å². The van der Waals surface area contributed by atoms with Crippen LogP contribution in [-0.4, -0.2) is 5.54 Å². The maximum Gasteiger partial charge on any atom is 0.0454 e. The average molecular weight is 302 g/mol. The van der Waals surface area contributed by atoms with E-state index in [-0.39, 0.29) is 17.0 Å². The summed E-state index contributed by atoms with van der Waals surface area (Å²) < 4.78 is 0. The first-order valence-corrected chi connectivity index (χ1v) is 7.48. The van der Waals surface area contributed by atoms with Crippen LogP contribution < -0.4 is 5.32 Å². The standard InChI is InChI=1S/C16H25Cl2N/c1-11(13-9-12(17)7-8-14(13)18)19-16(5,6)10-15(2,3)4/h7-9,11,19H,10H2,1-6H3. The second-order valence-corrected chi connectivity index (χ2v) is 8.00. The van der Waals surface area contributed by atoms with Crippen LogP contribution in [0, 0.1) is 5.41 Å². The third-order valence-electron chi connectivity index (χ3n) is 3.00. The minimum absolute atomic E-state index is 0.0450. The van der Waals surface area contributed by atoms with Crippen molar-refractivity contribution in [3.63, 3.8) is 0 Å². The van der Waals surface area contributed by atoms with Gasteiger partial charge in [-0.15, -0.1) is 0 Å². The van der Waals surface area contributed by atoms with Crippen molar-refractivity contribution < 1.29 is 0 Å². The largest absolute Gasteiger partial charge is 0.305 e. The van der Waals surface area contributed by atoms with E-state index in [0.29, 0.717) is 0 Å². The maximum atomic E-state index is 6.25. The van der Waals surface area contributed by atoms with Gasteiger partial charge in [0.25, 0.3) is 0 Å². The Morgan fingerprint density at radius 2 is 1.68 bits per heavy atom. The van der Waals surface area contributed by atoms with Crippen LogP contribution in [0.2, 0.25) is 10.0 Å². The summed E-state index contributed by atoms with van der Waals surface area (Å²) in [7, 11) is 0. The average Bonchev–Trinajstić information content (AvgIpc) is 2.16. The number of nitrogens with one attached hydrogen (secondary N) is 1. The monoisotopic (exact) mass is 301 g/mol. The Balaban J connectivity index is 2.84. The van der Waals surface area contributed by atoms with Gasteiger partial charge in [-0.1, -0.05) is 44.0 Å². The number of hydrogen-bond donors (Lipinski definition) is 1. The summed E-state index contributed by atoms with van der Waals surface area (Å²) in [6.45, 7) is 13.4. The van der Waals surface area contributed by atoms with E-state index in [1.165, 1.54) is 0 Å². The Morgan fingerprint density at radius 1 is 1.11 bits per heavy atom. The Morgan fingerprint density at radius 3 is 2.21 bits per heavy atom. The van der Waals surface area contributed by atoms with Gasteiger partial charge in [0.05, 0.1) is 0 Å². The number of benzene rings is 1. The predicted molar refractivity (Wildman–Crippen MR) is 86.2 cm³/mol. The molecule has 0 spiro atoms. The van der Waals surface area contributed by atoms with Gasteiger partial charge in [0, 0.05) is 21.6 Å². The van der Waals surface area contributed by atoms with Gasteiger partial charge in [0.15, 0.2) is 0 Å². The zero-order chi connectivity index (χ0) is 14.8. The third-order valence-corrected chi connectivity index (χ3v) is 3.58. The van der Waals surface area contributed by atoms with E-state index in [0.717, 1.165) is 22.0 Å². The molecule has 0 aliphatic heterocycles. The Hall–Kier alpha value is -0.240. The summed E-state index contributed by atoms with van der Waals surface area (Å²) in [6.07, 6.45) is 1.09. The second-order valence-electron chi connectivity index (χ2n) is 7.15. The lowest BCUT2D eigenvalue weighted by Gasteiger charge is -2.36. The molecule has 0 saturated heterocycles. The molecule has 0 aliphatic rings. The zero-order valence-corrected chi connectivity index (χ0v) is 14.3. The summed E-state index contributed by atoms with van der Waals surface area (Å²) in [5.41, 5.74) is 1.38. The molecule has 1 rings (SSSR count). The molecule has 1 aromatic carbocycles. The van der Waals surface area contributed by atoms with E-state index in [4.69, 9.17) is 23.2 Å². The molecule has 1 nitrogen and oxygen atoms in total. The highest BCUT2D eigenvalue weighted by atomic mass is 35.5. The zero-order valence-electron chi connectivity index (χ0n) is 12.8. The van der Waals surface area contributed by atoms with Gasteiger partial charge >= 0.3 is 0 Å². The van der Waals surface area contributed by atoms with Gasteiger partial charge in [0.2, 0.25) is 0 Å². The van der Waals surface area contributed by atoms with Crippen LogP contribution in [0.5, 0.6) is 0 Å². The van der Waals surface area contributed by atoms with Crippen LogP contribution in [-0.2, 0) is 0 Å². The molecule has 0 amide bonds. The molecule has 0 bridgehead atoms. The van der Waals surface area contributed by atoms with Crippen LogP contribution in [0.15, 0.2) is 18.2 Å². The molecule has 19 heavy (non-hydrogen) atoms. The van der Waals surface area contributed by atoms with Crippen molar-refractivity contribution in [2.24, 2.45) is 5.41 Å².